The molecule has 1 spiro atoms. The molecule has 3 fully saturated rings. The number of nitrogens with one attached hydrogen (secondary N) is 1. The third-order valence-corrected chi connectivity index (χ3v) is 10.8. The first-order valence-electron chi connectivity index (χ1n) is 12.2. The van der Waals surface area contributed by atoms with E-state index in [2.05, 4.69) is 15.3 Å². The molecule has 3 saturated carbocycles. The fourth-order valence-electron chi connectivity index (χ4n) is 5.37. The maximum absolute atomic E-state index is 12.8. The maximum atomic E-state index is 12.8. The standard InChI is InChI=1S/C26H26N4O5S2/c27-22(31)20-2-1-9-28-24(20)35-17-12-26(13-17)10-16(11-26)30-23(32)21-14-29-25(36-21)15-3-5-18(6-4-15)37(33,34)19-7-8-19/h1-6,9,14,16-17,19H,7-8,10-13H2,(H2,27,31)(H,30,32). The van der Waals surface area contributed by atoms with E-state index in [0.717, 1.165) is 44.1 Å². The lowest BCUT2D eigenvalue weighted by atomic mass is 9.53. The van der Waals surface area contributed by atoms with Gasteiger partial charge in [0.15, 0.2) is 9.84 Å². The molecule has 0 bridgehead atoms. The number of rotatable bonds is 8. The summed E-state index contributed by atoms with van der Waals surface area (Å²) in [7, 11) is -3.23. The van der Waals surface area contributed by atoms with Crippen molar-refractivity contribution in [2.24, 2.45) is 11.1 Å². The molecule has 3 aliphatic carbocycles. The minimum Gasteiger partial charge on any atom is -0.474 e. The van der Waals surface area contributed by atoms with Crippen LogP contribution in [0.15, 0.2) is 53.7 Å². The molecule has 0 saturated heterocycles. The highest BCUT2D eigenvalue weighted by molar-refractivity contribution is 7.92. The number of pyridine rings is 1. The number of carbonyl (C=O) groups is 2. The molecule has 2 aromatic heterocycles. The van der Waals surface area contributed by atoms with Crippen LogP contribution in [0.3, 0.4) is 0 Å². The zero-order valence-corrected chi connectivity index (χ0v) is 21.6. The minimum absolute atomic E-state index is 0.0145. The van der Waals surface area contributed by atoms with Crippen LogP contribution < -0.4 is 15.8 Å². The third-order valence-electron chi connectivity index (χ3n) is 7.45. The van der Waals surface area contributed by atoms with Crippen LogP contribution in [-0.2, 0) is 9.84 Å². The smallest absolute Gasteiger partial charge is 0.263 e. The van der Waals surface area contributed by atoms with Crippen molar-refractivity contribution in [3.63, 3.8) is 0 Å². The fraction of sp³-hybridized carbons (Fsp3) is 0.385. The number of hydrogen-bond acceptors (Lipinski definition) is 8. The van der Waals surface area contributed by atoms with E-state index in [4.69, 9.17) is 10.5 Å². The predicted octanol–water partition coefficient (Wildman–Crippen LogP) is 3.36. The molecule has 37 heavy (non-hydrogen) atoms. The summed E-state index contributed by atoms with van der Waals surface area (Å²) in [4.78, 5) is 33.7. The van der Waals surface area contributed by atoms with Crippen LogP contribution in [0, 0.1) is 5.41 Å². The summed E-state index contributed by atoms with van der Waals surface area (Å²) < 4.78 is 30.7. The molecule has 0 unspecified atom stereocenters. The van der Waals surface area contributed by atoms with E-state index < -0.39 is 15.7 Å². The predicted molar refractivity (Wildman–Crippen MR) is 137 cm³/mol. The summed E-state index contributed by atoms with van der Waals surface area (Å²) in [5.74, 6) is -0.434. The topological polar surface area (TPSA) is 141 Å². The van der Waals surface area contributed by atoms with Crippen molar-refractivity contribution in [1.29, 1.82) is 0 Å². The molecule has 2 amide bonds. The normalized spacial score (nSPS) is 24.6. The lowest BCUT2D eigenvalue weighted by Gasteiger charge is -2.57. The van der Waals surface area contributed by atoms with Crippen LogP contribution in [0.1, 0.15) is 58.6 Å². The Bertz CT molecular complexity index is 1470. The third kappa shape index (κ3) is 4.61. The van der Waals surface area contributed by atoms with E-state index in [0.29, 0.717) is 14.8 Å². The Labute approximate surface area is 218 Å². The van der Waals surface area contributed by atoms with Crippen molar-refractivity contribution < 1.29 is 22.7 Å². The number of sulfone groups is 1. The molecular weight excluding hydrogens is 512 g/mol. The summed E-state index contributed by atoms with van der Waals surface area (Å²) in [5.41, 5.74) is 6.62. The lowest BCUT2D eigenvalue weighted by molar-refractivity contribution is -0.0848. The van der Waals surface area contributed by atoms with Crippen LogP contribution >= 0.6 is 11.3 Å². The Morgan fingerprint density at radius 3 is 2.46 bits per heavy atom. The minimum atomic E-state index is -3.23. The second-order valence-corrected chi connectivity index (χ2v) is 13.5. The summed E-state index contributed by atoms with van der Waals surface area (Å²) >= 11 is 1.29. The van der Waals surface area contributed by atoms with Gasteiger partial charge in [0.2, 0.25) is 5.88 Å². The highest BCUT2D eigenvalue weighted by atomic mass is 32.2. The molecular formula is C26H26N4O5S2. The molecule has 0 aliphatic heterocycles. The molecule has 0 atom stereocenters. The molecule has 2 heterocycles. The Morgan fingerprint density at radius 2 is 1.78 bits per heavy atom. The Kier molecular flexibility index (Phi) is 5.79. The average molecular weight is 539 g/mol. The van der Waals surface area contributed by atoms with Gasteiger partial charge in [0.05, 0.1) is 16.3 Å². The Hall–Kier alpha value is -3.31. The number of nitrogens with zero attached hydrogens (tertiary/aromatic N) is 2. The Balaban J connectivity index is 1.00. The number of carbonyl (C=O) groups excluding carboxylic acids is 2. The molecule has 3 aromatic rings. The van der Waals surface area contributed by atoms with E-state index in [1.807, 2.05) is 0 Å². The number of ether oxygens (including phenoxy) is 1. The largest absolute Gasteiger partial charge is 0.474 e. The molecule has 3 N–H and O–H groups in total. The zero-order chi connectivity index (χ0) is 25.8. The van der Waals surface area contributed by atoms with Gasteiger partial charge in [0.1, 0.15) is 21.6 Å². The highest BCUT2D eigenvalue weighted by Crippen LogP contribution is 2.56. The molecule has 6 rings (SSSR count). The number of hydrogen-bond donors (Lipinski definition) is 2. The number of amides is 2. The van der Waals surface area contributed by atoms with E-state index in [9.17, 15) is 18.0 Å². The first kappa shape index (κ1) is 24.1. The van der Waals surface area contributed by atoms with Crippen molar-refractivity contribution in [3.8, 4) is 16.5 Å². The Morgan fingerprint density at radius 1 is 1.05 bits per heavy atom. The second kappa shape index (κ2) is 8.91. The van der Waals surface area contributed by atoms with Gasteiger partial charge in [-0.05, 0) is 68.2 Å². The molecule has 1 aromatic carbocycles. The first-order valence-corrected chi connectivity index (χ1v) is 14.6. The lowest BCUT2D eigenvalue weighted by Crippen LogP contribution is -2.58. The molecule has 3 aliphatic rings. The van der Waals surface area contributed by atoms with Crippen LogP contribution in [0.4, 0.5) is 0 Å². The quantitative estimate of drug-likeness (QED) is 0.448. The molecule has 9 nitrogen and oxygen atoms in total. The van der Waals surface area contributed by atoms with Crippen molar-refractivity contribution in [3.05, 3.63) is 59.2 Å². The maximum Gasteiger partial charge on any atom is 0.263 e. The zero-order valence-electron chi connectivity index (χ0n) is 19.9. The van der Waals surface area contributed by atoms with Gasteiger partial charge in [-0.2, -0.15) is 0 Å². The number of aromatic nitrogens is 2. The fourth-order valence-corrected chi connectivity index (χ4v) is 7.85. The molecule has 192 valence electrons. The van der Waals surface area contributed by atoms with Crippen LogP contribution in [0.2, 0.25) is 0 Å². The second-order valence-electron chi connectivity index (χ2n) is 10.2. The molecule has 0 radical (unpaired) electrons. The number of nitrogens with two attached hydrogens (primary N) is 1. The van der Waals surface area contributed by atoms with Crippen molar-refractivity contribution in [1.82, 2.24) is 15.3 Å². The summed E-state index contributed by atoms with van der Waals surface area (Å²) in [6.45, 7) is 0. The van der Waals surface area contributed by atoms with Gasteiger partial charge in [0, 0.05) is 17.8 Å². The van der Waals surface area contributed by atoms with E-state index in [1.165, 1.54) is 11.3 Å². The van der Waals surface area contributed by atoms with Gasteiger partial charge in [-0.1, -0.05) is 12.1 Å². The number of thiazole rings is 1. The van der Waals surface area contributed by atoms with Crippen LogP contribution in [0.5, 0.6) is 5.88 Å². The monoisotopic (exact) mass is 538 g/mol. The van der Waals surface area contributed by atoms with Crippen molar-refractivity contribution >= 4 is 33.0 Å². The van der Waals surface area contributed by atoms with Gasteiger partial charge in [-0.15, -0.1) is 11.3 Å². The van der Waals surface area contributed by atoms with Gasteiger partial charge in [-0.25, -0.2) is 18.4 Å². The van der Waals surface area contributed by atoms with Crippen molar-refractivity contribution in [2.45, 2.75) is 60.8 Å². The van der Waals surface area contributed by atoms with E-state index >= 15 is 0 Å². The summed E-state index contributed by atoms with van der Waals surface area (Å²) in [6.07, 6.45) is 8.05. The summed E-state index contributed by atoms with van der Waals surface area (Å²) in [5, 5.41) is 3.53. The highest BCUT2D eigenvalue weighted by Gasteiger charge is 2.54. The van der Waals surface area contributed by atoms with Gasteiger partial charge >= 0.3 is 0 Å². The summed E-state index contributed by atoms with van der Waals surface area (Å²) in [6, 6.07) is 10.1. The van der Waals surface area contributed by atoms with Gasteiger partial charge in [0.25, 0.3) is 11.8 Å². The van der Waals surface area contributed by atoms with Gasteiger partial charge in [-0.3, -0.25) is 9.59 Å². The van der Waals surface area contributed by atoms with Crippen molar-refractivity contribution in [2.75, 3.05) is 0 Å². The van der Waals surface area contributed by atoms with Crippen LogP contribution in [-0.4, -0.2) is 47.6 Å². The van der Waals surface area contributed by atoms with Crippen LogP contribution in [0.25, 0.3) is 10.6 Å². The SMILES string of the molecule is NC(=O)c1cccnc1OC1CC2(CC(NC(=O)c3cnc(-c4ccc(S(=O)(=O)C5CC5)cc4)s3)C2)C1. The number of primary amides is 1. The van der Waals surface area contributed by atoms with E-state index in [-0.39, 0.29) is 40.2 Å². The molecule has 11 heteroatoms. The average Bonchev–Trinajstić information content (AvgIpc) is 3.59. The number of benzene rings is 1. The van der Waals surface area contributed by atoms with Gasteiger partial charge < -0.3 is 15.8 Å². The first-order chi connectivity index (χ1) is 17.7. The van der Waals surface area contributed by atoms with E-state index in [1.54, 1.807) is 48.8 Å².